The summed E-state index contributed by atoms with van der Waals surface area (Å²) in [5.74, 6) is -0.979. The third-order valence-corrected chi connectivity index (χ3v) is 12.9. The number of esters is 3. The Morgan fingerprint density at radius 3 is 0.762 bits per heavy atom. The average Bonchev–Trinajstić information content (AvgIpc) is 3.46. The molecular formula is C74H116O6. The van der Waals surface area contributed by atoms with Gasteiger partial charge in [-0.3, -0.25) is 14.4 Å². The molecule has 0 aliphatic rings. The molecule has 0 aromatic carbocycles. The molecule has 0 aromatic heterocycles. The van der Waals surface area contributed by atoms with Gasteiger partial charge in [0.25, 0.3) is 0 Å². The van der Waals surface area contributed by atoms with Gasteiger partial charge >= 0.3 is 17.9 Å². The van der Waals surface area contributed by atoms with E-state index in [2.05, 4.69) is 191 Å². The average molecular weight is 1100 g/mol. The monoisotopic (exact) mass is 1100 g/mol. The van der Waals surface area contributed by atoms with Crippen LogP contribution in [-0.4, -0.2) is 37.2 Å². The van der Waals surface area contributed by atoms with Crippen LogP contribution in [0.25, 0.3) is 0 Å². The molecule has 0 saturated carbocycles. The summed E-state index contributed by atoms with van der Waals surface area (Å²) >= 11 is 0. The van der Waals surface area contributed by atoms with Gasteiger partial charge in [-0.25, -0.2) is 0 Å². The van der Waals surface area contributed by atoms with E-state index in [1.165, 1.54) is 32.1 Å². The Hall–Kier alpha value is -5.23. The van der Waals surface area contributed by atoms with Crippen molar-refractivity contribution in [2.45, 2.75) is 264 Å². The summed E-state index contributed by atoms with van der Waals surface area (Å²) < 4.78 is 16.9. The summed E-state index contributed by atoms with van der Waals surface area (Å²) in [5, 5.41) is 0. The molecular weight excluding hydrogens is 985 g/mol. The van der Waals surface area contributed by atoms with Crippen LogP contribution in [-0.2, 0) is 28.6 Å². The van der Waals surface area contributed by atoms with Crippen molar-refractivity contribution in [2.75, 3.05) is 13.2 Å². The smallest absolute Gasteiger partial charge is 0.306 e. The molecule has 0 rings (SSSR count). The lowest BCUT2D eigenvalue weighted by atomic mass is 10.1. The molecule has 1 unspecified atom stereocenters. The molecule has 0 fully saturated rings. The topological polar surface area (TPSA) is 78.9 Å². The Balaban J connectivity index is 4.48. The lowest BCUT2D eigenvalue weighted by Gasteiger charge is -2.18. The fraction of sp³-hybridized carbons (Fsp3) is 0.581. The summed E-state index contributed by atoms with van der Waals surface area (Å²) in [7, 11) is 0. The zero-order chi connectivity index (χ0) is 57.8. The Kier molecular flexibility index (Phi) is 61.9. The highest BCUT2D eigenvalue weighted by Gasteiger charge is 2.19. The molecule has 0 heterocycles. The van der Waals surface area contributed by atoms with Crippen LogP contribution in [0.15, 0.2) is 170 Å². The van der Waals surface area contributed by atoms with Crippen LogP contribution < -0.4 is 0 Å². The van der Waals surface area contributed by atoms with Gasteiger partial charge in [0.05, 0.1) is 0 Å². The van der Waals surface area contributed by atoms with E-state index in [1.54, 1.807) is 0 Å². The number of carbonyl (C=O) groups is 3. The Morgan fingerprint density at radius 2 is 0.487 bits per heavy atom. The molecule has 6 heteroatoms. The Morgan fingerprint density at radius 1 is 0.263 bits per heavy atom. The first kappa shape index (κ1) is 74.8. The van der Waals surface area contributed by atoms with Gasteiger partial charge in [-0.15, -0.1) is 0 Å². The molecule has 0 N–H and O–H groups in total. The largest absolute Gasteiger partial charge is 0.462 e. The van der Waals surface area contributed by atoms with Crippen molar-refractivity contribution in [1.29, 1.82) is 0 Å². The summed E-state index contributed by atoms with van der Waals surface area (Å²) in [6, 6.07) is 0. The first-order valence-corrected chi connectivity index (χ1v) is 32.1. The fourth-order valence-corrected chi connectivity index (χ4v) is 8.18. The standard InChI is InChI=1S/C74H116O6/c1-4-7-10-13-16-19-22-25-28-31-32-33-34-35-36-37-38-39-40-41-42-44-46-49-52-55-58-61-64-67-73(76)79-70-71(69-78-72(75)66-63-60-57-54-51-48-45-30-27-24-21-18-15-12-9-6-3)80-74(77)68-65-62-59-56-53-50-47-43-29-26-23-20-17-14-11-8-5-2/h7-8,10-11,16-17,19-21,24-26,28-30,32-33,35-36,38-39,41-42,45-47,49-50,71H,4-6,9,12-15,18,22-23,27,31,34,37,40,43-44,48,51-70H2,1-3H3/b10-7-,11-8-,19-16-,20-17-,24-21-,28-25-,29-26-,33-32-,36-35-,39-38-,42-41-,45-30-,49-46-,50-47-. The first-order chi connectivity index (χ1) is 39.5. The van der Waals surface area contributed by atoms with E-state index in [0.29, 0.717) is 12.8 Å². The van der Waals surface area contributed by atoms with Gasteiger partial charge in [0, 0.05) is 19.3 Å². The van der Waals surface area contributed by atoms with Gasteiger partial charge in [0.2, 0.25) is 0 Å². The number of carbonyl (C=O) groups excluding carboxylic acids is 3. The van der Waals surface area contributed by atoms with Crippen LogP contribution in [0.2, 0.25) is 0 Å². The highest BCUT2D eigenvalue weighted by molar-refractivity contribution is 5.71. The molecule has 0 spiro atoms. The third-order valence-electron chi connectivity index (χ3n) is 12.9. The number of ether oxygens (including phenoxy) is 3. The molecule has 0 bridgehead atoms. The molecule has 80 heavy (non-hydrogen) atoms. The minimum Gasteiger partial charge on any atom is -0.462 e. The van der Waals surface area contributed by atoms with Crippen LogP contribution in [0.3, 0.4) is 0 Å². The van der Waals surface area contributed by atoms with Crippen LogP contribution in [0.1, 0.15) is 258 Å². The highest BCUT2D eigenvalue weighted by Crippen LogP contribution is 2.13. The molecule has 0 amide bonds. The van der Waals surface area contributed by atoms with E-state index in [1.807, 2.05) is 0 Å². The fourth-order valence-electron chi connectivity index (χ4n) is 8.18. The number of allylic oxidation sites excluding steroid dienone is 28. The zero-order valence-corrected chi connectivity index (χ0v) is 51.3. The van der Waals surface area contributed by atoms with Gasteiger partial charge in [0.15, 0.2) is 6.10 Å². The minimum atomic E-state index is -0.818. The molecule has 448 valence electrons. The van der Waals surface area contributed by atoms with Crippen molar-refractivity contribution in [3.8, 4) is 0 Å². The van der Waals surface area contributed by atoms with Crippen LogP contribution in [0, 0.1) is 0 Å². The van der Waals surface area contributed by atoms with E-state index >= 15 is 0 Å². The van der Waals surface area contributed by atoms with Crippen LogP contribution in [0.5, 0.6) is 0 Å². The number of hydrogen-bond acceptors (Lipinski definition) is 6. The van der Waals surface area contributed by atoms with Crippen molar-refractivity contribution in [1.82, 2.24) is 0 Å². The predicted molar refractivity (Wildman–Crippen MR) is 348 cm³/mol. The molecule has 0 saturated heterocycles. The molecule has 0 aromatic rings. The number of rotatable bonds is 56. The van der Waals surface area contributed by atoms with Crippen LogP contribution >= 0.6 is 0 Å². The Labute approximate surface area is 492 Å². The number of hydrogen-bond donors (Lipinski definition) is 0. The van der Waals surface area contributed by atoms with Crippen molar-refractivity contribution in [2.24, 2.45) is 0 Å². The molecule has 0 aliphatic heterocycles. The van der Waals surface area contributed by atoms with Crippen molar-refractivity contribution in [3.05, 3.63) is 170 Å². The van der Waals surface area contributed by atoms with E-state index in [9.17, 15) is 14.4 Å². The predicted octanol–water partition coefficient (Wildman–Crippen LogP) is 22.3. The van der Waals surface area contributed by atoms with E-state index in [4.69, 9.17) is 14.2 Å². The summed E-state index contributed by atoms with van der Waals surface area (Å²) in [5.41, 5.74) is 0. The van der Waals surface area contributed by atoms with E-state index < -0.39 is 6.10 Å². The van der Waals surface area contributed by atoms with Gasteiger partial charge in [0.1, 0.15) is 13.2 Å². The van der Waals surface area contributed by atoms with Gasteiger partial charge in [-0.1, -0.05) is 255 Å². The van der Waals surface area contributed by atoms with E-state index in [0.717, 1.165) is 186 Å². The molecule has 0 aliphatic carbocycles. The van der Waals surface area contributed by atoms with Crippen LogP contribution in [0.4, 0.5) is 0 Å². The van der Waals surface area contributed by atoms with Gasteiger partial charge < -0.3 is 14.2 Å². The lowest BCUT2D eigenvalue weighted by Crippen LogP contribution is -2.30. The highest BCUT2D eigenvalue weighted by atomic mass is 16.6. The minimum absolute atomic E-state index is 0.111. The number of unbranched alkanes of at least 4 members (excludes halogenated alkanes) is 17. The second-order valence-electron chi connectivity index (χ2n) is 20.5. The maximum absolute atomic E-state index is 12.9. The third kappa shape index (κ3) is 63.6. The SMILES string of the molecule is CC/C=C\C/C=C\C/C=C\C/C=C\C/C=C\C/C=C\C/C=C\C/C=C\CCCCCCC(=O)OCC(COC(=O)CCCCCCC/C=C\C/C=C\CCCCCC)OC(=O)CCCCCC/C=C\C/C=C\C/C=C\C/C=C\CC. The van der Waals surface area contributed by atoms with Gasteiger partial charge in [-0.2, -0.15) is 0 Å². The van der Waals surface area contributed by atoms with Crippen molar-refractivity contribution >= 4 is 17.9 Å². The van der Waals surface area contributed by atoms with Crippen molar-refractivity contribution < 1.29 is 28.6 Å². The summed E-state index contributed by atoms with van der Waals surface area (Å²) in [4.78, 5) is 38.3. The zero-order valence-electron chi connectivity index (χ0n) is 51.3. The van der Waals surface area contributed by atoms with E-state index in [-0.39, 0.29) is 37.5 Å². The Bertz CT molecular complexity index is 1840. The molecule has 6 nitrogen and oxygen atoms in total. The van der Waals surface area contributed by atoms with Crippen molar-refractivity contribution in [3.63, 3.8) is 0 Å². The summed E-state index contributed by atoms with van der Waals surface area (Å²) in [6.07, 6.45) is 97.8. The second-order valence-corrected chi connectivity index (χ2v) is 20.5. The molecule has 1 atom stereocenters. The maximum atomic E-state index is 12.9. The lowest BCUT2D eigenvalue weighted by molar-refractivity contribution is -0.167. The van der Waals surface area contributed by atoms with Gasteiger partial charge in [-0.05, 0) is 154 Å². The normalized spacial score (nSPS) is 13.3. The quantitative estimate of drug-likeness (QED) is 0.0261. The first-order valence-electron chi connectivity index (χ1n) is 32.1. The second kappa shape index (κ2) is 66.3. The maximum Gasteiger partial charge on any atom is 0.306 e. The summed E-state index contributed by atoms with van der Waals surface area (Å²) in [6.45, 7) is 6.33. The molecule has 0 radical (unpaired) electrons.